The molecule has 20 heavy (non-hydrogen) atoms. The summed E-state index contributed by atoms with van der Waals surface area (Å²) in [6.07, 6.45) is 4.23. The summed E-state index contributed by atoms with van der Waals surface area (Å²) in [6, 6.07) is 17.2. The van der Waals surface area contributed by atoms with Crippen LogP contribution in [0.25, 0.3) is 22.0 Å². The molecule has 2 nitrogen and oxygen atoms in total. The molecule has 98 valence electrons. The number of anilines is 1. The molecule has 0 atom stereocenters. The van der Waals surface area contributed by atoms with Crippen LogP contribution in [0, 0.1) is 0 Å². The smallest absolute Gasteiger partial charge is 0.0708 e. The van der Waals surface area contributed by atoms with Gasteiger partial charge in [0.05, 0.1) is 5.52 Å². The average molecular weight is 260 g/mol. The SMILES string of the molecule is c1cc(-c2ccc3c(c2)CCCN3)c2cccnc2c1. The standard InChI is InChI=1S/C18H16N2/c1-5-15(16-6-3-11-20-18(16)7-1)13-8-9-17-14(12-13)4-2-10-19-17/h1,3,5-9,11-12,19H,2,4,10H2. The maximum Gasteiger partial charge on any atom is 0.0708 e. The fourth-order valence-electron chi connectivity index (χ4n) is 3.00. The van der Waals surface area contributed by atoms with Crippen molar-refractivity contribution in [2.75, 3.05) is 11.9 Å². The predicted molar refractivity (Wildman–Crippen MR) is 84.0 cm³/mol. The van der Waals surface area contributed by atoms with Crippen molar-refractivity contribution >= 4 is 16.6 Å². The summed E-state index contributed by atoms with van der Waals surface area (Å²) < 4.78 is 0. The number of hydrogen-bond acceptors (Lipinski definition) is 2. The maximum atomic E-state index is 4.44. The van der Waals surface area contributed by atoms with E-state index < -0.39 is 0 Å². The zero-order valence-electron chi connectivity index (χ0n) is 11.3. The molecule has 0 saturated carbocycles. The third-order valence-electron chi connectivity index (χ3n) is 4.00. The van der Waals surface area contributed by atoms with Gasteiger partial charge in [-0.25, -0.2) is 0 Å². The van der Waals surface area contributed by atoms with E-state index in [1.807, 2.05) is 12.3 Å². The summed E-state index contributed by atoms with van der Waals surface area (Å²) in [7, 11) is 0. The Morgan fingerprint density at radius 3 is 3.00 bits per heavy atom. The molecule has 2 aromatic carbocycles. The van der Waals surface area contributed by atoms with Crippen LogP contribution in [0.1, 0.15) is 12.0 Å². The molecular weight excluding hydrogens is 244 g/mol. The van der Waals surface area contributed by atoms with Crippen LogP contribution < -0.4 is 5.32 Å². The molecule has 1 aliphatic rings. The van der Waals surface area contributed by atoms with Gasteiger partial charge in [0.2, 0.25) is 0 Å². The lowest BCUT2D eigenvalue weighted by molar-refractivity contribution is 0.831. The van der Waals surface area contributed by atoms with Crippen molar-refractivity contribution in [2.24, 2.45) is 0 Å². The minimum absolute atomic E-state index is 1.06. The first-order valence-electron chi connectivity index (χ1n) is 7.13. The van der Waals surface area contributed by atoms with Gasteiger partial charge in [-0.3, -0.25) is 4.98 Å². The second-order valence-electron chi connectivity index (χ2n) is 5.28. The van der Waals surface area contributed by atoms with Gasteiger partial charge in [-0.1, -0.05) is 24.3 Å². The second kappa shape index (κ2) is 4.64. The van der Waals surface area contributed by atoms with Crippen molar-refractivity contribution in [2.45, 2.75) is 12.8 Å². The molecule has 2 heterocycles. The largest absolute Gasteiger partial charge is 0.385 e. The van der Waals surface area contributed by atoms with Gasteiger partial charge in [0, 0.05) is 23.8 Å². The molecule has 0 fully saturated rings. The first-order chi connectivity index (χ1) is 9.92. The minimum Gasteiger partial charge on any atom is -0.385 e. The van der Waals surface area contributed by atoms with Gasteiger partial charge in [-0.2, -0.15) is 0 Å². The average Bonchev–Trinajstić information content (AvgIpc) is 2.54. The van der Waals surface area contributed by atoms with Gasteiger partial charge in [-0.15, -0.1) is 0 Å². The van der Waals surface area contributed by atoms with Crippen molar-refractivity contribution in [3.63, 3.8) is 0 Å². The quantitative estimate of drug-likeness (QED) is 0.707. The van der Waals surface area contributed by atoms with Crippen LogP contribution in [0.15, 0.2) is 54.7 Å². The third kappa shape index (κ3) is 1.85. The molecule has 0 radical (unpaired) electrons. The topological polar surface area (TPSA) is 24.9 Å². The van der Waals surface area contributed by atoms with Crippen LogP contribution in [0.5, 0.6) is 0 Å². The number of pyridine rings is 1. The number of nitrogens with one attached hydrogen (secondary N) is 1. The molecule has 1 aliphatic heterocycles. The van der Waals surface area contributed by atoms with E-state index in [0.717, 1.165) is 12.1 Å². The molecule has 1 aromatic heterocycles. The third-order valence-corrected chi connectivity index (χ3v) is 4.00. The van der Waals surface area contributed by atoms with Crippen molar-refractivity contribution in [1.29, 1.82) is 0 Å². The van der Waals surface area contributed by atoms with Crippen molar-refractivity contribution in [3.05, 3.63) is 60.3 Å². The summed E-state index contributed by atoms with van der Waals surface area (Å²) in [4.78, 5) is 4.44. The van der Waals surface area contributed by atoms with E-state index in [2.05, 4.69) is 52.8 Å². The lowest BCUT2D eigenvalue weighted by atomic mass is 9.95. The number of nitrogens with zero attached hydrogens (tertiary/aromatic N) is 1. The molecule has 0 spiro atoms. The predicted octanol–water partition coefficient (Wildman–Crippen LogP) is 4.26. The monoisotopic (exact) mass is 260 g/mol. The number of aromatic nitrogens is 1. The Morgan fingerprint density at radius 2 is 2.00 bits per heavy atom. The van der Waals surface area contributed by atoms with Gasteiger partial charge in [0.25, 0.3) is 0 Å². The number of benzene rings is 2. The Morgan fingerprint density at radius 1 is 1.00 bits per heavy atom. The number of rotatable bonds is 1. The summed E-state index contributed by atoms with van der Waals surface area (Å²) in [5.41, 5.74) is 6.32. The van der Waals surface area contributed by atoms with Crippen molar-refractivity contribution in [3.8, 4) is 11.1 Å². The fraction of sp³-hybridized carbons (Fsp3) is 0.167. The van der Waals surface area contributed by atoms with Crippen molar-refractivity contribution < 1.29 is 0 Å². The van der Waals surface area contributed by atoms with Crippen LogP contribution in [0.3, 0.4) is 0 Å². The van der Waals surface area contributed by atoms with E-state index in [-0.39, 0.29) is 0 Å². The summed E-state index contributed by atoms with van der Waals surface area (Å²) in [5, 5.41) is 4.69. The zero-order valence-corrected chi connectivity index (χ0v) is 11.3. The van der Waals surface area contributed by atoms with Gasteiger partial charge < -0.3 is 5.32 Å². The van der Waals surface area contributed by atoms with Gasteiger partial charge in [0.15, 0.2) is 0 Å². The first-order valence-corrected chi connectivity index (χ1v) is 7.13. The van der Waals surface area contributed by atoms with Gasteiger partial charge >= 0.3 is 0 Å². The zero-order chi connectivity index (χ0) is 13.4. The van der Waals surface area contributed by atoms with Crippen LogP contribution in [-0.2, 0) is 6.42 Å². The van der Waals surface area contributed by atoms with Crippen LogP contribution >= 0.6 is 0 Å². The second-order valence-corrected chi connectivity index (χ2v) is 5.28. The highest BCUT2D eigenvalue weighted by Crippen LogP contribution is 2.32. The molecule has 0 aliphatic carbocycles. The highest BCUT2D eigenvalue weighted by molar-refractivity contribution is 5.94. The van der Waals surface area contributed by atoms with Crippen LogP contribution in [0.4, 0.5) is 5.69 Å². The lowest BCUT2D eigenvalue weighted by Gasteiger charge is -2.19. The van der Waals surface area contributed by atoms with Crippen LogP contribution in [-0.4, -0.2) is 11.5 Å². The fourth-order valence-corrected chi connectivity index (χ4v) is 3.00. The Bertz CT molecular complexity index is 772. The number of fused-ring (bicyclic) bond motifs is 2. The first kappa shape index (κ1) is 11.5. The molecule has 0 saturated heterocycles. The number of hydrogen-bond donors (Lipinski definition) is 1. The van der Waals surface area contributed by atoms with E-state index in [4.69, 9.17) is 0 Å². The summed E-state index contributed by atoms with van der Waals surface area (Å²) in [5.74, 6) is 0. The molecule has 1 N–H and O–H groups in total. The minimum atomic E-state index is 1.06. The Kier molecular flexibility index (Phi) is 2.66. The number of aryl methyl sites for hydroxylation is 1. The molecular formula is C18H16N2. The molecule has 0 bridgehead atoms. The van der Waals surface area contributed by atoms with Gasteiger partial charge in [-0.05, 0) is 53.8 Å². The van der Waals surface area contributed by atoms with Gasteiger partial charge in [0.1, 0.15) is 0 Å². The molecule has 3 aromatic rings. The summed E-state index contributed by atoms with van der Waals surface area (Å²) in [6.45, 7) is 1.09. The van der Waals surface area contributed by atoms with Crippen molar-refractivity contribution in [1.82, 2.24) is 4.98 Å². The van der Waals surface area contributed by atoms with E-state index >= 15 is 0 Å². The van der Waals surface area contributed by atoms with E-state index in [0.29, 0.717) is 0 Å². The Balaban J connectivity index is 1.91. The van der Waals surface area contributed by atoms with E-state index in [1.54, 1.807) is 0 Å². The Labute approximate surface area is 118 Å². The van der Waals surface area contributed by atoms with E-state index in [1.165, 1.54) is 40.6 Å². The highest BCUT2D eigenvalue weighted by Gasteiger charge is 2.10. The molecule has 2 heteroatoms. The highest BCUT2D eigenvalue weighted by atomic mass is 14.9. The summed E-state index contributed by atoms with van der Waals surface area (Å²) >= 11 is 0. The van der Waals surface area contributed by atoms with E-state index in [9.17, 15) is 0 Å². The lowest BCUT2D eigenvalue weighted by Crippen LogP contribution is -2.11. The molecule has 0 amide bonds. The molecule has 4 rings (SSSR count). The Hall–Kier alpha value is -2.35. The van der Waals surface area contributed by atoms with Crippen LogP contribution in [0.2, 0.25) is 0 Å². The normalized spacial score (nSPS) is 13.8. The maximum absolute atomic E-state index is 4.44. The molecule has 0 unspecified atom stereocenters.